The summed E-state index contributed by atoms with van der Waals surface area (Å²) < 4.78 is 2.33. The van der Waals surface area contributed by atoms with Crippen LogP contribution in [0.3, 0.4) is 0 Å². The number of para-hydroxylation sites is 1. The van der Waals surface area contributed by atoms with Crippen molar-refractivity contribution in [3.8, 4) is 5.13 Å². The molecule has 3 amide bonds. The average Bonchev–Trinajstić information content (AvgIpc) is 3.47. The molecule has 0 radical (unpaired) electrons. The van der Waals surface area contributed by atoms with Crippen LogP contribution in [-0.4, -0.2) is 32.5 Å². The number of hydrogen-bond acceptors (Lipinski definition) is 6. The molecule has 3 heterocycles. The number of carbonyl (C=O) groups excluding carboxylic acids is 3. The summed E-state index contributed by atoms with van der Waals surface area (Å²) in [6.45, 7) is 3.39. The Morgan fingerprint density at radius 1 is 1.14 bits per heavy atom. The molecule has 1 aliphatic rings. The zero-order valence-corrected chi connectivity index (χ0v) is 20.0. The van der Waals surface area contributed by atoms with E-state index >= 15 is 0 Å². The van der Waals surface area contributed by atoms with Crippen LogP contribution in [0.15, 0.2) is 53.3 Å². The Hall–Kier alpha value is -4.05. The number of imide groups is 1. The third-order valence-corrected chi connectivity index (χ3v) is 6.94. The van der Waals surface area contributed by atoms with Gasteiger partial charge in [-0.3, -0.25) is 29.2 Å². The van der Waals surface area contributed by atoms with E-state index < -0.39 is 11.8 Å². The quantitative estimate of drug-likeness (QED) is 0.400. The van der Waals surface area contributed by atoms with Gasteiger partial charge in [0.1, 0.15) is 0 Å². The Balaban J connectivity index is 1.52. The van der Waals surface area contributed by atoms with E-state index in [-0.39, 0.29) is 23.8 Å². The van der Waals surface area contributed by atoms with Gasteiger partial charge < -0.3 is 5.32 Å². The van der Waals surface area contributed by atoms with E-state index in [0.29, 0.717) is 34.2 Å². The number of rotatable bonds is 6. The van der Waals surface area contributed by atoms with E-state index in [2.05, 4.69) is 15.4 Å². The molecular formula is C25H23N5O4S. The molecule has 1 aliphatic heterocycles. The predicted octanol–water partition coefficient (Wildman–Crippen LogP) is 3.73. The van der Waals surface area contributed by atoms with Gasteiger partial charge in [-0.25, -0.2) is 4.98 Å². The number of thiazole rings is 1. The number of fused-ring (bicyclic) bond motifs is 1. The van der Waals surface area contributed by atoms with Crippen molar-refractivity contribution in [1.82, 2.24) is 14.8 Å². The van der Waals surface area contributed by atoms with Crippen molar-refractivity contribution in [2.45, 2.75) is 39.0 Å². The predicted molar refractivity (Wildman–Crippen MR) is 134 cm³/mol. The molecule has 1 saturated heterocycles. The van der Waals surface area contributed by atoms with Crippen LogP contribution in [0.5, 0.6) is 0 Å². The fraction of sp³-hybridized carbons (Fsp3) is 0.240. The largest absolute Gasteiger partial charge is 0.326 e. The van der Waals surface area contributed by atoms with Crippen molar-refractivity contribution < 1.29 is 14.4 Å². The van der Waals surface area contributed by atoms with Crippen molar-refractivity contribution in [3.05, 3.63) is 70.1 Å². The molecule has 0 saturated carbocycles. The second-order valence-electron chi connectivity index (χ2n) is 8.41. The van der Waals surface area contributed by atoms with Gasteiger partial charge in [0.25, 0.3) is 5.56 Å². The summed E-state index contributed by atoms with van der Waals surface area (Å²) in [5.41, 5.74) is 2.35. The van der Waals surface area contributed by atoms with Crippen LogP contribution in [0.4, 0.5) is 11.4 Å². The fourth-order valence-electron chi connectivity index (χ4n) is 4.41. The molecule has 4 aromatic rings. The van der Waals surface area contributed by atoms with Crippen molar-refractivity contribution in [3.63, 3.8) is 0 Å². The Labute approximate surface area is 204 Å². The van der Waals surface area contributed by atoms with E-state index in [1.165, 1.54) is 22.9 Å². The van der Waals surface area contributed by atoms with Crippen molar-refractivity contribution in [2.24, 2.45) is 0 Å². The van der Waals surface area contributed by atoms with Crippen LogP contribution < -0.4 is 15.8 Å². The van der Waals surface area contributed by atoms with Gasteiger partial charge >= 0.3 is 0 Å². The minimum atomic E-state index is -0.876. The first-order valence-electron chi connectivity index (χ1n) is 11.3. The first-order valence-corrected chi connectivity index (χ1v) is 12.1. The maximum absolute atomic E-state index is 13.5. The van der Waals surface area contributed by atoms with E-state index in [1.54, 1.807) is 24.3 Å². The molecule has 1 fully saturated rings. The molecule has 1 unspecified atom stereocenters. The molecule has 0 aliphatic carbocycles. The number of carbonyl (C=O) groups is 3. The third-order valence-electron chi connectivity index (χ3n) is 5.92. The lowest BCUT2D eigenvalue weighted by Crippen LogP contribution is -2.31. The van der Waals surface area contributed by atoms with Crippen LogP contribution in [0, 0.1) is 0 Å². The highest BCUT2D eigenvalue weighted by molar-refractivity contribution is 7.20. The monoisotopic (exact) mass is 489 g/mol. The first kappa shape index (κ1) is 22.7. The van der Waals surface area contributed by atoms with Gasteiger partial charge in [-0.1, -0.05) is 36.8 Å². The molecule has 5 rings (SSSR count). The normalized spacial score (nSPS) is 15.8. The Morgan fingerprint density at radius 3 is 2.57 bits per heavy atom. The highest BCUT2D eigenvalue weighted by Gasteiger charge is 2.43. The van der Waals surface area contributed by atoms with Gasteiger partial charge in [-0.15, -0.1) is 0 Å². The molecule has 0 spiro atoms. The number of nitrogens with one attached hydrogen (secondary N) is 2. The van der Waals surface area contributed by atoms with Crippen LogP contribution in [0.1, 0.15) is 43.9 Å². The average molecular weight is 490 g/mol. The van der Waals surface area contributed by atoms with Gasteiger partial charge in [0.05, 0.1) is 27.4 Å². The van der Waals surface area contributed by atoms with Gasteiger partial charge in [0.2, 0.25) is 22.9 Å². The van der Waals surface area contributed by atoms with E-state index in [9.17, 15) is 19.2 Å². The lowest BCUT2D eigenvalue weighted by atomic mass is 9.96. The summed E-state index contributed by atoms with van der Waals surface area (Å²) in [6.07, 6.45) is 1.23. The Morgan fingerprint density at radius 2 is 1.89 bits per heavy atom. The lowest BCUT2D eigenvalue weighted by molar-refractivity contribution is -0.121. The third kappa shape index (κ3) is 4.06. The number of aromatic nitrogens is 3. The Kier molecular flexibility index (Phi) is 5.81. The summed E-state index contributed by atoms with van der Waals surface area (Å²) in [5, 5.41) is 6.29. The van der Waals surface area contributed by atoms with E-state index in [1.807, 2.05) is 31.2 Å². The Bertz CT molecular complexity index is 1480. The number of benzene rings is 2. The van der Waals surface area contributed by atoms with Gasteiger partial charge in [0, 0.05) is 24.7 Å². The second kappa shape index (κ2) is 8.95. The topological polar surface area (TPSA) is 117 Å². The molecule has 2 aromatic carbocycles. The maximum Gasteiger partial charge on any atom is 0.277 e. The SMILES string of the molecule is CCCc1[nH]n(-c2nc3ccccc3s2)c(=O)c1C1CC(=O)N(c2ccc(NC(C)=O)cc2)C1=O. The lowest BCUT2D eigenvalue weighted by Gasteiger charge is -2.15. The summed E-state index contributed by atoms with van der Waals surface area (Å²) in [7, 11) is 0. The molecule has 35 heavy (non-hydrogen) atoms. The standard InChI is InChI=1S/C25H23N5O4S/c1-3-6-19-22(24(34)30(28-19)25-27-18-7-4-5-8-20(18)35-25)17-13-21(32)29(23(17)33)16-11-9-15(10-12-16)26-14(2)31/h4-5,7-12,17,28H,3,6,13H2,1-2H3,(H,26,31). The molecular weight excluding hydrogens is 466 g/mol. The van der Waals surface area contributed by atoms with Gasteiger partial charge in [0.15, 0.2) is 0 Å². The molecule has 2 N–H and O–H groups in total. The zero-order chi connectivity index (χ0) is 24.7. The number of amides is 3. The number of aryl methyl sites for hydroxylation is 1. The number of nitrogens with zero attached hydrogens (tertiary/aromatic N) is 3. The summed E-state index contributed by atoms with van der Waals surface area (Å²) in [5.74, 6) is -1.90. The summed E-state index contributed by atoms with van der Waals surface area (Å²) >= 11 is 1.38. The molecule has 2 aromatic heterocycles. The van der Waals surface area contributed by atoms with Gasteiger partial charge in [-0.05, 0) is 42.8 Å². The first-order chi connectivity index (χ1) is 16.9. The minimum absolute atomic E-state index is 0.0874. The van der Waals surface area contributed by atoms with Crippen molar-refractivity contribution in [2.75, 3.05) is 10.2 Å². The van der Waals surface area contributed by atoms with Crippen LogP contribution in [-0.2, 0) is 20.8 Å². The maximum atomic E-state index is 13.5. The second-order valence-corrected chi connectivity index (χ2v) is 9.42. The number of H-pyrrole nitrogens is 1. The van der Waals surface area contributed by atoms with Gasteiger partial charge in [-0.2, -0.15) is 4.68 Å². The van der Waals surface area contributed by atoms with E-state index in [4.69, 9.17) is 0 Å². The van der Waals surface area contributed by atoms with Crippen molar-refractivity contribution >= 4 is 50.6 Å². The van der Waals surface area contributed by atoms with Crippen LogP contribution in [0.25, 0.3) is 15.3 Å². The number of anilines is 2. The van der Waals surface area contributed by atoms with Crippen molar-refractivity contribution in [1.29, 1.82) is 0 Å². The van der Waals surface area contributed by atoms with Crippen LogP contribution >= 0.6 is 11.3 Å². The molecule has 1 atom stereocenters. The minimum Gasteiger partial charge on any atom is -0.326 e. The fourth-order valence-corrected chi connectivity index (χ4v) is 5.34. The highest BCUT2D eigenvalue weighted by atomic mass is 32.1. The van der Waals surface area contributed by atoms with E-state index in [0.717, 1.165) is 21.5 Å². The highest BCUT2D eigenvalue weighted by Crippen LogP contribution is 2.34. The summed E-state index contributed by atoms with van der Waals surface area (Å²) in [6, 6.07) is 14.1. The molecule has 10 heteroatoms. The zero-order valence-electron chi connectivity index (χ0n) is 19.2. The van der Waals surface area contributed by atoms with Crippen LogP contribution in [0.2, 0.25) is 0 Å². The molecule has 9 nitrogen and oxygen atoms in total. The molecule has 178 valence electrons. The number of aromatic amines is 1. The summed E-state index contributed by atoms with van der Waals surface area (Å²) in [4.78, 5) is 56.8. The molecule has 0 bridgehead atoms. The number of hydrogen-bond donors (Lipinski definition) is 2. The smallest absolute Gasteiger partial charge is 0.277 e.